The summed E-state index contributed by atoms with van der Waals surface area (Å²) in [5.74, 6) is -0.625. The van der Waals surface area contributed by atoms with E-state index in [2.05, 4.69) is 77.3 Å². The van der Waals surface area contributed by atoms with Gasteiger partial charge in [-0.15, -0.1) is 11.3 Å². The van der Waals surface area contributed by atoms with Gasteiger partial charge in [-0.1, -0.05) is 67.5 Å². The minimum atomic E-state index is -0.625. The zero-order valence-corrected chi connectivity index (χ0v) is 36.0. The zero-order valence-electron chi connectivity index (χ0n) is 35.2. The van der Waals surface area contributed by atoms with Gasteiger partial charge in [-0.25, -0.2) is 19.4 Å². The van der Waals surface area contributed by atoms with Gasteiger partial charge in [0.05, 0.1) is 22.4 Å². The number of ether oxygens (including phenoxy) is 1. The lowest BCUT2D eigenvalue weighted by molar-refractivity contribution is 0.0521. The van der Waals surface area contributed by atoms with Crippen molar-refractivity contribution in [3.63, 3.8) is 0 Å². The van der Waals surface area contributed by atoms with Crippen LogP contribution in [-0.4, -0.2) is 43.7 Å². The molecule has 0 bridgehead atoms. The maximum Gasteiger partial charge on any atom is 0.351 e. The summed E-state index contributed by atoms with van der Waals surface area (Å²) in [4.78, 5) is 47.5. The van der Waals surface area contributed by atoms with E-state index in [1.807, 2.05) is 30.3 Å². The van der Waals surface area contributed by atoms with Crippen LogP contribution >= 0.6 is 11.3 Å². The lowest BCUT2D eigenvalue weighted by Crippen LogP contribution is -2.44. The first-order chi connectivity index (χ1) is 27.4. The third-order valence-corrected chi connectivity index (χ3v) is 14.6. The molecule has 0 atom stereocenters. The summed E-state index contributed by atoms with van der Waals surface area (Å²) in [6.07, 6.45) is 4.27. The van der Waals surface area contributed by atoms with Gasteiger partial charge in [0.2, 0.25) is 0 Å². The molecule has 3 aromatic heterocycles. The number of esters is 1. The number of thiazole rings is 1. The lowest BCUT2D eigenvalue weighted by Gasteiger charge is -2.48. The summed E-state index contributed by atoms with van der Waals surface area (Å²) in [6, 6.07) is 16.0. The maximum atomic E-state index is 13.2. The predicted octanol–water partition coefficient (Wildman–Crippen LogP) is 10.4. The Bertz CT molecular complexity index is 2770. The Balaban J connectivity index is 0.000000152. The third kappa shape index (κ3) is 6.08. The van der Waals surface area contributed by atoms with Gasteiger partial charge >= 0.3 is 17.2 Å². The first-order valence-electron chi connectivity index (χ1n) is 20.7. The van der Waals surface area contributed by atoms with Crippen LogP contribution in [0.4, 0.5) is 11.4 Å². The van der Waals surface area contributed by atoms with E-state index >= 15 is 0 Å². The second-order valence-electron chi connectivity index (χ2n) is 19.2. The molecule has 6 aromatic rings. The smallest absolute Gasteiger partial charge is 0.351 e. The number of hydrogen-bond donors (Lipinski definition) is 0. The third-order valence-electron chi connectivity index (χ3n) is 13.5. The molecule has 9 nitrogen and oxygen atoms in total. The monoisotopic (exact) mass is 799 g/mol. The summed E-state index contributed by atoms with van der Waals surface area (Å²) in [5, 5.41) is 2.53. The number of aromatic nitrogens is 1. The SMILES string of the molecule is CC1(C)CCN2CCC(C)(C)c3c2c1cc1cc(-c2nc4ccccc4s2)c(=O)oc31.CCOC(=O)c1cc2cc3c4c(c2oc1=O)C(C)(C)CCN4CCC3(C)C. The minimum absolute atomic E-state index is 0.0302. The van der Waals surface area contributed by atoms with Gasteiger partial charge in [0.1, 0.15) is 21.7 Å². The van der Waals surface area contributed by atoms with E-state index < -0.39 is 11.6 Å². The Morgan fingerprint density at radius 3 is 1.74 bits per heavy atom. The molecule has 0 spiro atoms. The van der Waals surface area contributed by atoms with Crippen molar-refractivity contribution < 1.29 is 18.4 Å². The van der Waals surface area contributed by atoms with E-state index in [0.717, 1.165) is 89.0 Å². The molecule has 4 aliphatic heterocycles. The minimum Gasteiger partial charge on any atom is -0.462 e. The Morgan fingerprint density at radius 2 is 1.21 bits per heavy atom. The normalized spacial score (nSPS) is 19.3. The topological polar surface area (TPSA) is 106 Å². The van der Waals surface area contributed by atoms with Crippen LogP contribution in [-0.2, 0) is 26.4 Å². The molecule has 3 aromatic carbocycles. The van der Waals surface area contributed by atoms with Crippen molar-refractivity contribution in [2.24, 2.45) is 0 Å². The molecule has 10 rings (SSSR count). The van der Waals surface area contributed by atoms with Gasteiger partial charge in [-0.05, 0) is 102 Å². The van der Waals surface area contributed by atoms with Gasteiger partial charge in [0.25, 0.3) is 0 Å². The molecule has 7 heterocycles. The molecule has 0 saturated carbocycles. The van der Waals surface area contributed by atoms with E-state index in [1.54, 1.807) is 24.3 Å². The van der Waals surface area contributed by atoms with Crippen LogP contribution < -0.4 is 21.1 Å². The van der Waals surface area contributed by atoms with Crippen LogP contribution in [0.25, 0.3) is 42.7 Å². The molecule has 58 heavy (non-hydrogen) atoms. The van der Waals surface area contributed by atoms with Crippen LogP contribution in [0.2, 0.25) is 0 Å². The molecule has 4 aliphatic rings. The molecule has 0 saturated heterocycles. The van der Waals surface area contributed by atoms with Crippen molar-refractivity contribution in [2.45, 2.75) is 110 Å². The molecular formula is C48H53N3O6S. The van der Waals surface area contributed by atoms with Gasteiger partial charge in [-0.3, -0.25) is 0 Å². The van der Waals surface area contributed by atoms with Crippen molar-refractivity contribution in [1.82, 2.24) is 4.98 Å². The quantitative estimate of drug-likeness (QED) is 0.128. The lowest BCUT2D eigenvalue weighted by atomic mass is 9.69. The van der Waals surface area contributed by atoms with Gasteiger partial charge < -0.3 is 23.4 Å². The fourth-order valence-electron chi connectivity index (χ4n) is 9.79. The number of anilines is 2. The van der Waals surface area contributed by atoms with Crippen LogP contribution in [0, 0.1) is 0 Å². The number of para-hydroxylation sites is 1. The largest absolute Gasteiger partial charge is 0.462 e. The maximum absolute atomic E-state index is 13.2. The summed E-state index contributed by atoms with van der Waals surface area (Å²) in [7, 11) is 0. The standard InChI is InChI=1S/C26H26N2O2S.C22H27NO4/c1-25(2)9-11-28-12-10-26(3,4)20-21(28)17(25)14-15-13-16(24(29)30-22(15)20)23-27-18-7-5-6-8-19(18)31-23;1-6-26-19(24)14-11-13-12-15-17-16(18(13)27-20(14)25)22(4,5)8-10-23(17)9-7-21(15,2)3/h5-8,13-14H,9-12H2,1-4H3;11-12H,6-10H2,1-5H3. The molecule has 0 fully saturated rings. The second kappa shape index (κ2) is 13.3. The molecule has 0 amide bonds. The number of carbonyl (C=O) groups excluding carboxylic acids is 1. The van der Waals surface area contributed by atoms with Crippen LogP contribution in [0.3, 0.4) is 0 Å². The number of benzene rings is 3. The van der Waals surface area contributed by atoms with E-state index in [1.165, 1.54) is 28.1 Å². The first kappa shape index (κ1) is 38.6. The van der Waals surface area contributed by atoms with E-state index in [4.69, 9.17) is 18.6 Å². The molecular weight excluding hydrogens is 747 g/mol. The molecule has 0 unspecified atom stereocenters. The molecule has 302 valence electrons. The summed E-state index contributed by atoms with van der Waals surface area (Å²) < 4.78 is 18.0. The fourth-order valence-corrected chi connectivity index (χ4v) is 10.8. The summed E-state index contributed by atoms with van der Waals surface area (Å²) >= 11 is 1.54. The van der Waals surface area contributed by atoms with Crippen molar-refractivity contribution in [3.8, 4) is 10.6 Å². The Kier molecular flexibility index (Phi) is 8.83. The highest BCUT2D eigenvalue weighted by atomic mass is 32.1. The Hall–Kier alpha value is -4.96. The van der Waals surface area contributed by atoms with E-state index in [-0.39, 0.29) is 39.5 Å². The van der Waals surface area contributed by atoms with E-state index in [0.29, 0.717) is 11.1 Å². The van der Waals surface area contributed by atoms with Crippen LogP contribution in [0.5, 0.6) is 0 Å². The van der Waals surface area contributed by atoms with Crippen molar-refractivity contribution >= 4 is 60.8 Å². The van der Waals surface area contributed by atoms with Crippen molar-refractivity contribution in [3.05, 3.63) is 97.2 Å². The van der Waals surface area contributed by atoms with Crippen LogP contribution in [0.1, 0.15) is 121 Å². The van der Waals surface area contributed by atoms with Crippen molar-refractivity contribution in [2.75, 3.05) is 42.6 Å². The fraction of sp³-hybridized carbons (Fsp3) is 0.458. The first-order valence-corrected chi connectivity index (χ1v) is 21.6. The average Bonchev–Trinajstić information content (AvgIpc) is 3.60. The zero-order chi connectivity index (χ0) is 41.1. The highest BCUT2D eigenvalue weighted by Gasteiger charge is 2.43. The number of fused-ring (bicyclic) bond motifs is 5. The van der Waals surface area contributed by atoms with Crippen LogP contribution in [0.15, 0.2) is 67.0 Å². The molecule has 0 aliphatic carbocycles. The highest BCUT2D eigenvalue weighted by molar-refractivity contribution is 7.21. The Labute approximate surface area is 343 Å². The average molecular weight is 800 g/mol. The predicted molar refractivity (Wildman–Crippen MR) is 235 cm³/mol. The number of rotatable bonds is 3. The number of carbonyl (C=O) groups is 1. The van der Waals surface area contributed by atoms with Crippen molar-refractivity contribution in [1.29, 1.82) is 0 Å². The van der Waals surface area contributed by atoms with Gasteiger partial charge in [0, 0.05) is 59.5 Å². The summed E-state index contributed by atoms with van der Waals surface area (Å²) in [6.45, 7) is 24.3. The van der Waals surface area contributed by atoms with E-state index in [9.17, 15) is 14.4 Å². The number of hydrogen-bond acceptors (Lipinski definition) is 10. The summed E-state index contributed by atoms with van der Waals surface area (Å²) in [5.41, 5.74) is 9.33. The Morgan fingerprint density at radius 1 is 0.707 bits per heavy atom. The number of nitrogens with zero attached hydrogens (tertiary/aromatic N) is 3. The molecule has 0 radical (unpaired) electrons. The molecule has 0 N–H and O–H groups in total. The highest BCUT2D eigenvalue weighted by Crippen LogP contribution is 2.53. The second-order valence-corrected chi connectivity index (χ2v) is 20.3. The van der Waals surface area contributed by atoms with Gasteiger partial charge in [0.15, 0.2) is 0 Å². The van der Waals surface area contributed by atoms with Gasteiger partial charge in [-0.2, -0.15) is 0 Å². The molecule has 10 heteroatoms.